The standard InChI is InChI=1S/C14H24N4O.HI/c1-4-15-14(18-12(2)11-19-3)17-10-8-13-7-5-6-9-16-13;/h5-7,9,12H,4,8,10-11H2,1-3H3,(H2,15,17,18);1H. The summed E-state index contributed by atoms with van der Waals surface area (Å²) in [4.78, 5) is 8.81. The fourth-order valence-electron chi connectivity index (χ4n) is 1.67. The topological polar surface area (TPSA) is 58.5 Å². The molecule has 0 aromatic carbocycles. The molecule has 0 fully saturated rings. The lowest BCUT2D eigenvalue weighted by molar-refractivity contribution is 0.179. The molecular weight excluding hydrogens is 367 g/mol. The minimum atomic E-state index is 0. The van der Waals surface area contributed by atoms with E-state index in [9.17, 15) is 0 Å². The summed E-state index contributed by atoms with van der Waals surface area (Å²) in [5, 5.41) is 6.52. The average molecular weight is 392 g/mol. The van der Waals surface area contributed by atoms with Crippen LogP contribution in [-0.2, 0) is 11.2 Å². The van der Waals surface area contributed by atoms with Crippen molar-refractivity contribution in [1.29, 1.82) is 0 Å². The molecule has 114 valence electrons. The number of hydrogen-bond donors (Lipinski definition) is 2. The molecular formula is C14H25IN4O. The van der Waals surface area contributed by atoms with Crippen LogP contribution in [0.15, 0.2) is 29.4 Å². The first-order chi connectivity index (χ1) is 9.26. The number of nitrogens with zero attached hydrogens (tertiary/aromatic N) is 2. The first kappa shape index (κ1) is 19.1. The smallest absolute Gasteiger partial charge is 0.191 e. The highest BCUT2D eigenvalue weighted by atomic mass is 127. The van der Waals surface area contributed by atoms with E-state index in [0.717, 1.165) is 24.6 Å². The molecule has 1 rings (SSSR count). The lowest BCUT2D eigenvalue weighted by Gasteiger charge is -2.16. The van der Waals surface area contributed by atoms with E-state index < -0.39 is 0 Å². The number of methoxy groups -OCH3 is 1. The van der Waals surface area contributed by atoms with Crippen molar-refractivity contribution in [2.75, 3.05) is 26.8 Å². The van der Waals surface area contributed by atoms with Crippen molar-refractivity contribution in [2.24, 2.45) is 4.99 Å². The van der Waals surface area contributed by atoms with E-state index in [4.69, 9.17) is 4.74 Å². The van der Waals surface area contributed by atoms with Gasteiger partial charge in [-0.15, -0.1) is 24.0 Å². The van der Waals surface area contributed by atoms with Crippen molar-refractivity contribution in [3.8, 4) is 0 Å². The number of aromatic nitrogens is 1. The minimum Gasteiger partial charge on any atom is -0.383 e. The van der Waals surface area contributed by atoms with Crippen LogP contribution in [0.25, 0.3) is 0 Å². The zero-order valence-electron chi connectivity index (χ0n) is 12.4. The second kappa shape index (κ2) is 11.9. The third-order valence-corrected chi connectivity index (χ3v) is 2.51. The highest BCUT2D eigenvalue weighted by Gasteiger charge is 2.03. The summed E-state index contributed by atoms with van der Waals surface area (Å²) in [6.45, 7) is 6.33. The quantitative estimate of drug-likeness (QED) is 0.423. The van der Waals surface area contributed by atoms with Crippen LogP contribution in [0.1, 0.15) is 19.5 Å². The highest BCUT2D eigenvalue weighted by Crippen LogP contribution is 1.94. The number of nitrogens with one attached hydrogen (secondary N) is 2. The number of aliphatic imine (C=N–C) groups is 1. The Morgan fingerprint density at radius 1 is 1.45 bits per heavy atom. The number of pyridine rings is 1. The van der Waals surface area contributed by atoms with Crippen molar-refractivity contribution in [1.82, 2.24) is 15.6 Å². The van der Waals surface area contributed by atoms with Crippen LogP contribution in [0, 0.1) is 0 Å². The van der Waals surface area contributed by atoms with Gasteiger partial charge in [0.25, 0.3) is 0 Å². The van der Waals surface area contributed by atoms with Crippen molar-refractivity contribution in [2.45, 2.75) is 26.3 Å². The predicted molar refractivity (Wildman–Crippen MR) is 93.8 cm³/mol. The molecule has 1 aromatic rings. The lowest BCUT2D eigenvalue weighted by atomic mass is 10.3. The molecule has 0 radical (unpaired) electrons. The SMILES string of the molecule is CCNC(=NCCc1ccccn1)NC(C)COC.I. The Morgan fingerprint density at radius 3 is 2.85 bits per heavy atom. The van der Waals surface area contributed by atoms with Crippen LogP contribution < -0.4 is 10.6 Å². The normalized spacial score (nSPS) is 12.4. The predicted octanol–water partition coefficient (Wildman–Crippen LogP) is 1.83. The van der Waals surface area contributed by atoms with Crippen LogP contribution >= 0.6 is 24.0 Å². The summed E-state index contributed by atoms with van der Waals surface area (Å²) in [6, 6.07) is 6.17. The summed E-state index contributed by atoms with van der Waals surface area (Å²) >= 11 is 0. The zero-order chi connectivity index (χ0) is 13.9. The van der Waals surface area contributed by atoms with Gasteiger partial charge >= 0.3 is 0 Å². The van der Waals surface area contributed by atoms with Gasteiger partial charge in [0.2, 0.25) is 0 Å². The molecule has 0 aliphatic rings. The van der Waals surface area contributed by atoms with Crippen LogP contribution in [0.2, 0.25) is 0 Å². The van der Waals surface area contributed by atoms with Gasteiger partial charge in [-0.25, -0.2) is 0 Å². The number of hydrogen-bond acceptors (Lipinski definition) is 3. The molecule has 0 saturated carbocycles. The van der Waals surface area contributed by atoms with E-state index in [2.05, 4.69) is 34.5 Å². The first-order valence-electron chi connectivity index (χ1n) is 6.70. The largest absolute Gasteiger partial charge is 0.383 e. The van der Waals surface area contributed by atoms with Crippen molar-refractivity contribution in [3.05, 3.63) is 30.1 Å². The average Bonchev–Trinajstić information content (AvgIpc) is 2.40. The van der Waals surface area contributed by atoms with Gasteiger partial charge in [-0.2, -0.15) is 0 Å². The number of guanidine groups is 1. The zero-order valence-corrected chi connectivity index (χ0v) is 14.8. The Bertz CT molecular complexity index is 373. The van der Waals surface area contributed by atoms with Crippen molar-refractivity contribution < 1.29 is 4.74 Å². The van der Waals surface area contributed by atoms with E-state index in [-0.39, 0.29) is 30.0 Å². The van der Waals surface area contributed by atoms with Crippen LogP contribution in [0.5, 0.6) is 0 Å². The van der Waals surface area contributed by atoms with E-state index >= 15 is 0 Å². The molecule has 20 heavy (non-hydrogen) atoms. The molecule has 5 nitrogen and oxygen atoms in total. The Hall–Kier alpha value is -0.890. The van der Waals surface area contributed by atoms with E-state index in [1.807, 2.05) is 24.4 Å². The Labute approximate surface area is 138 Å². The molecule has 1 unspecified atom stereocenters. The second-order valence-electron chi connectivity index (χ2n) is 4.33. The van der Waals surface area contributed by atoms with Gasteiger partial charge in [0.1, 0.15) is 0 Å². The molecule has 1 heterocycles. The number of ether oxygens (including phenoxy) is 1. The molecule has 0 bridgehead atoms. The van der Waals surface area contributed by atoms with Gasteiger partial charge in [0, 0.05) is 44.6 Å². The van der Waals surface area contributed by atoms with Gasteiger partial charge in [-0.1, -0.05) is 6.07 Å². The number of rotatable bonds is 7. The fraction of sp³-hybridized carbons (Fsp3) is 0.571. The molecule has 1 aromatic heterocycles. The molecule has 0 amide bonds. The van der Waals surface area contributed by atoms with Crippen LogP contribution in [0.3, 0.4) is 0 Å². The maximum absolute atomic E-state index is 5.10. The molecule has 0 aliphatic carbocycles. The van der Waals surface area contributed by atoms with Crippen LogP contribution in [0.4, 0.5) is 0 Å². The van der Waals surface area contributed by atoms with E-state index in [1.54, 1.807) is 7.11 Å². The second-order valence-corrected chi connectivity index (χ2v) is 4.33. The monoisotopic (exact) mass is 392 g/mol. The Balaban J connectivity index is 0.00000361. The molecule has 2 N–H and O–H groups in total. The molecule has 0 saturated heterocycles. The summed E-state index contributed by atoms with van der Waals surface area (Å²) in [5.74, 6) is 0.822. The number of halogens is 1. The Kier molecular flexibility index (Phi) is 11.4. The minimum absolute atomic E-state index is 0. The fourth-order valence-corrected chi connectivity index (χ4v) is 1.67. The summed E-state index contributed by atoms with van der Waals surface area (Å²) in [7, 11) is 1.70. The van der Waals surface area contributed by atoms with Crippen molar-refractivity contribution in [3.63, 3.8) is 0 Å². The Morgan fingerprint density at radius 2 is 2.25 bits per heavy atom. The maximum atomic E-state index is 5.10. The molecule has 1 atom stereocenters. The third-order valence-electron chi connectivity index (χ3n) is 2.51. The summed E-state index contributed by atoms with van der Waals surface area (Å²) < 4.78 is 5.10. The van der Waals surface area contributed by atoms with Gasteiger partial charge in [0.15, 0.2) is 5.96 Å². The third kappa shape index (κ3) is 8.31. The summed E-state index contributed by atoms with van der Waals surface area (Å²) in [5.41, 5.74) is 1.06. The van der Waals surface area contributed by atoms with Gasteiger partial charge in [-0.05, 0) is 26.0 Å². The molecule has 0 spiro atoms. The lowest BCUT2D eigenvalue weighted by Crippen LogP contribution is -2.44. The summed E-state index contributed by atoms with van der Waals surface area (Å²) in [6.07, 6.45) is 2.65. The molecule has 6 heteroatoms. The molecule has 0 aliphatic heterocycles. The highest BCUT2D eigenvalue weighted by molar-refractivity contribution is 14.0. The van der Waals surface area contributed by atoms with Gasteiger partial charge in [-0.3, -0.25) is 9.98 Å². The first-order valence-corrected chi connectivity index (χ1v) is 6.70. The van der Waals surface area contributed by atoms with Gasteiger partial charge in [0.05, 0.1) is 6.61 Å². The van der Waals surface area contributed by atoms with E-state index in [0.29, 0.717) is 13.2 Å². The maximum Gasteiger partial charge on any atom is 0.191 e. The van der Waals surface area contributed by atoms with Crippen molar-refractivity contribution >= 4 is 29.9 Å². The van der Waals surface area contributed by atoms with E-state index in [1.165, 1.54) is 0 Å². The van der Waals surface area contributed by atoms with Crippen LogP contribution in [-0.4, -0.2) is 43.8 Å². The van der Waals surface area contributed by atoms with Gasteiger partial charge < -0.3 is 15.4 Å².